The number of imidazole rings is 1. The van der Waals surface area contributed by atoms with E-state index in [1.807, 2.05) is 60.0 Å². The summed E-state index contributed by atoms with van der Waals surface area (Å²) < 4.78 is 1.86. The minimum atomic E-state index is -0.550. The van der Waals surface area contributed by atoms with Crippen LogP contribution in [-0.4, -0.2) is 21.3 Å². The molecule has 118 valence electrons. The molecule has 0 fully saturated rings. The summed E-state index contributed by atoms with van der Waals surface area (Å²) in [5, 5.41) is 2.86. The molecular formula is C18H20N4O. The van der Waals surface area contributed by atoms with Crippen molar-refractivity contribution in [3.05, 3.63) is 66.0 Å². The number of anilines is 1. The second-order valence-corrected chi connectivity index (χ2v) is 5.65. The number of aryl methyl sites for hydroxylation is 2. The molecule has 1 atom stereocenters. The van der Waals surface area contributed by atoms with E-state index < -0.39 is 6.04 Å². The Morgan fingerprint density at radius 2 is 2.04 bits per heavy atom. The molecule has 0 aliphatic heterocycles. The molecule has 0 saturated carbocycles. The Hall–Kier alpha value is -2.66. The van der Waals surface area contributed by atoms with E-state index in [-0.39, 0.29) is 5.91 Å². The minimum absolute atomic E-state index is 0.191. The number of amides is 1. The molecule has 0 bridgehead atoms. The van der Waals surface area contributed by atoms with Crippen LogP contribution in [0.4, 0.5) is 5.82 Å². The molecule has 0 unspecified atom stereocenters. The molecule has 2 aromatic heterocycles. The van der Waals surface area contributed by atoms with Gasteiger partial charge in [-0.05, 0) is 37.0 Å². The van der Waals surface area contributed by atoms with Gasteiger partial charge in [-0.1, -0.05) is 36.4 Å². The Morgan fingerprint density at radius 3 is 2.83 bits per heavy atom. The average molecular weight is 308 g/mol. The molecule has 3 aromatic rings. The topological polar surface area (TPSA) is 72.4 Å². The summed E-state index contributed by atoms with van der Waals surface area (Å²) in [7, 11) is 0. The van der Waals surface area contributed by atoms with Crippen LogP contribution in [-0.2, 0) is 11.2 Å². The first kappa shape index (κ1) is 15.2. The molecule has 2 heterocycles. The van der Waals surface area contributed by atoms with E-state index in [0.29, 0.717) is 12.2 Å². The van der Waals surface area contributed by atoms with Gasteiger partial charge in [-0.15, -0.1) is 0 Å². The highest BCUT2D eigenvalue weighted by atomic mass is 16.2. The van der Waals surface area contributed by atoms with E-state index in [2.05, 4.69) is 10.3 Å². The van der Waals surface area contributed by atoms with Crippen LogP contribution in [0.2, 0.25) is 0 Å². The van der Waals surface area contributed by atoms with Crippen LogP contribution >= 0.6 is 0 Å². The molecule has 0 aliphatic carbocycles. The smallest absolute Gasteiger partial charge is 0.242 e. The van der Waals surface area contributed by atoms with Crippen molar-refractivity contribution in [3.63, 3.8) is 0 Å². The van der Waals surface area contributed by atoms with Gasteiger partial charge in [0.05, 0.1) is 12.2 Å². The monoisotopic (exact) mass is 308 g/mol. The van der Waals surface area contributed by atoms with Gasteiger partial charge in [0.25, 0.3) is 0 Å². The maximum Gasteiger partial charge on any atom is 0.242 e. The average Bonchev–Trinajstić information content (AvgIpc) is 2.98. The standard InChI is InChI=1S/C18H20N4O/c1-13-6-5-11-22-16(12-20-17(13)22)21-18(23)15(19)10-9-14-7-3-2-4-8-14/h2-8,11-12,15H,9-10,19H2,1H3,(H,21,23)/t15-/m0/s1. The summed E-state index contributed by atoms with van der Waals surface area (Å²) in [6, 6.07) is 13.4. The summed E-state index contributed by atoms with van der Waals surface area (Å²) in [6.45, 7) is 1.99. The van der Waals surface area contributed by atoms with Gasteiger partial charge in [-0.2, -0.15) is 0 Å². The summed E-state index contributed by atoms with van der Waals surface area (Å²) >= 11 is 0. The summed E-state index contributed by atoms with van der Waals surface area (Å²) in [5.41, 5.74) is 9.09. The number of hydrogen-bond acceptors (Lipinski definition) is 3. The van der Waals surface area contributed by atoms with Gasteiger partial charge < -0.3 is 11.1 Å². The number of nitrogens with two attached hydrogens (primary N) is 1. The summed E-state index contributed by atoms with van der Waals surface area (Å²) in [5.74, 6) is 0.452. The van der Waals surface area contributed by atoms with Crippen molar-refractivity contribution in [2.24, 2.45) is 5.73 Å². The Bertz CT molecular complexity index is 810. The zero-order chi connectivity index (χ0) is 16.2. The first-order valence-corrected chi connectivity index (χ1v) is 7.68. The highest BCUT2D eigenvalue weighted by molar-refractivity contribution is 5.94. The molecule has 5 nitrogen and oxygen atoms in total. The number of pyridine rings is 1. The Kier molecular flexibility index (Phi) is 4.39. The molecule has 0 radical (unpaired) electrons. The lowest BCUT2D eigenvalue weighted by atomic mass is 10.1. The first-order valence-electron chi connectivity index (χ1n) is 7.68. The third kappa shape index (κ3) is 3.40. The molecule has 0 saturated heterocycles. The largest absolute Gasteiger partial charge is 0.320 e. The summed E-state index contributed by atoms with van der Waals surface area (Å²) in [4.78, 5) is 16.6. The maximum absolute atomic E-state index is 12.3. The van der Waals surface area contributed by atoms with Gasteiger partial charge in [-0.25, -0.2) is 4.98 Å². The van der Waals surface area contributed by atoms with Crippen molar-refractivity contribution in [1.29, 1.82) is 0 Å². The van der Waals surface area contributed by atoms with Gasteiger partial charge >= 0.3 is 0 Å². The van der Waals surface area contributed by atoms with Crippen LogP contribution in [0.3, 0.4) is 0 Å². The van der Waals surface area contributed by atoms with Crippen molar-refractivity contribution >= 4 is 17.4 Å². The van der Waals surface area contributed by atoms with Gasteiger partial charge in [0.1, 0.15) is 11.5 Å². The second kappa shape index (κ2) is 6.62. The number of nitrogens with one attached hydrogen (secondary N) is 1. The molecule has 23 heavy (non-hydrogen) atoms. The van der Waals surface area contributed by atoms with Crippen LogP contribution in [0.5, 0.6) is 0 Å². The normalized spacial score (nSPS) is 12.3. The quantitative estimate of drug-likeness (QED) is 0.761. The SMILES string of the molecule is Cc1cccn2c(NC(=O)[C@@H](N)CCc3ccccc3)cnc12. The fourth-order valence-electron chi connectivity index (χ4n) is 2.56. The molecule has 3 N–H and O–H groups in total. The number of fused-ring (bicyclic) bond motifs is 1. The number of nitrogens with zero attached hydrogens (tertiary/aromatic N) is 2. The molecule has 1 aromatic carbocycles. The van der Waals surface area contributed by atoms with E-state index in [1.165, 1.54) is 5.56 Å². The lowest BCUT2D eigenvalue weighted by molar-refractivity contribution is -0.117. The van der Waals surface area contributed by atoms with E-state index in [1.54, 1.807) is 6.20 Å². The van der Waals surface area contributed by atoms with Crippen LogP contribution in [0.1, 0.15) is 17.5 Å². The van der Waals surface area contributed by atoms with Crippen LogP contribution < -0.4 is 11.1 Å². The first-order chi connectivity index (χ1) is 11.1. The third-order valence-corrected chi connectivity index (χ3v) is 3.91. The van der Waals surface area contributed by atoms with Gasteiger partial charge in [-0.3, -0.25) is 9.20 Å². The van der Waals surface area contributed by atoms with E-state index >= 15 is 0 Å². The molecule has 3 rings (SSSR count). The number of rotatable bonds is 5. The number of aromatic nitrogens is 2. The van der Waals surface area contributed by atoms with Crippen LogP contribution in [0, 0.1) is 6.92 Å². The van der Waals surface area contributed by atoms with Gasteiger partial charge in [0, 0.05) is 6.20 Å². The Balaban J connectivity index is 1.65. The summed E-state index contributed by atoms with van der Waals surface area (Å²) in [6.07, 6.45) is 4.91. The fraction of sp³-hybridized carbons (Fsp3) is 0.222. The lowest BCUT2D eigenvalue weighted by Gasteiger charge is -2.12. The number of benzene rings is 1. The van der Waals surface area contributed by atoms with Gasteiger partial charge in [0.15, 0.2) is 0 Å². The van der Waals surface area contributed by atoms with E-state index in [0.717, 1.165) is 17.6 Å². The third-order valence-electron chi connectivity index (χ3n) is 3.91. The molecule has 1 amide bonds. The Morgan fingerprint density at radius 1 is 1.26 bits per heavy atom. The highest BCUT2D eigenvalue weighted by Gasteiger charge is 2.15. The van der Waals surface area contributed by atoms with Crippen molar-refractivity contribution in [2.45, 2.75) is 25.8 Å². The van der Waals surface area contributed by atoms with E-state index in [9.17, 15) is 4.79 Å². The molecule has 0 aliphatic rings. The fourth-order valence-corrected chi connectivity index (χ4v) is 2.56. The molecule has 0 spiro atoms. The molecular weight excluding hydrogens is 288 g/mol. The Labute approximate surface area is 135 Å². The van der Waals surface area contributed by atoms with Crippen molar-refractivity contribution in [3.8, 4) is 0 Å². The van der Waals surface area contributed by atoms with Crippen LogP contribution in [0.25, 0.3) is 5.65 Å². The van der Waals surface area contributed by atoms with Crippen molar-refractivity contribution in [1.82, 2.24) is 9.38 Å². The number of carbonyl (C=O) groups is 1. The van der Waals surface area contributed by atoms with Crippen molar-refractivity contribution in [2.75, 3.05) is 5.32 Å². The lowest BCUT2D eigenvalue weighted by Crippen LogP contribution is -2.36. The van der Waals surface area contributed by atoms with Gasteiger partial charge in [0.2, 0.25) is 5.91 Å². The zero-order valence-electron chi connectivity index (χ0n) is 13.1. The van der Waals surface area contributed by atoms with Crippen LogP contribution in [0.15, 0.2) is 54.9 Å². The molecule has 5 heteroatoms. The predicted octanol–water partition coefficient (Wildman–Crippen LogP) is 2.54. The maximum atomic E-state index is 12.3. The number of hydrogen-bond donors (Lipinski definition) is 2. The van der Waals surface area contributed by atoms with Crippen molar-refractivity contribution < 1.29 is 4.79 Å². The second-order valence-electron chi connectivity index (χ2n) is 5.65. The van der Waals surface area contributed by atoms with E-state index in [4.69, 9.17) is 5.73 Å². The predicted molar refractivity (Wildman–Crippen MR) is 91.3 cm³/mol. The zero-order valence-corrected chi connectivity index (χ0v) is 13.1. The number of carbonyl (C=O) groups excluding carboxylic acids is 1. The minimum Gasteiger partial charge on any atom is -0.320 e. The highest BCUT2D eigenvalue weighted by Crippen LogP contribution is 2.15.